The van der Waals surface area contributed by atoms with E-state index in [2.05, 4.69) is 4.90 Å². The number of rotatable bonds is 0. The molecule has 3 aliphatic heterocycles. The molecule has 0 atom stereocenters. The van der Waals surface area contributed by atoms with Crippen molar-refractivity contribution in [2.45, 2.75) is 37.4 Å². The van der Waals surface area contributed by atoms with Crippen LogP contribution in [0.5, 0.6) is 0 Å². The van der Waals surface area contributed by atoms with Crippen LogP contribution < -0.4 is 0 Å². The molecule has 1 nitrogen and oxygen atoms in total. The second-order valence-corrected chi connectivity index (χ2v) is 16.0. The summed E-state index contributed by atoms with van der Waals surface area (Å²) in [4.78, 5) is 1.00. The third-order valence-corrected chi connectivity index (χ3v) is 14.6. The first-order valence-corrected chi connectivity index (χ1v) is 12.7. The molecule has 2 heteroatoms. The van der Waals surface area contributed by atoms with Gasteiger partial charge in [-0.15, -0.1) is 0 Å². The van der Waals surface area contributed by atoms with E-state index >= 15 is 0 Å². The molecule has 3 aliphatic rings. The fraction of sp³-hybridized carbons (Fsp3) is 1.00. The van der Waals surface area contributed by atoms with Crippen molar-refractivity contribution < 1.29 is 4.11 Å². The predicted octanol–water partition coefficient (Wildman–Crippen LogP) is 2.56. The molecule has 3 saturated heterocycles. The summed E-state index contributed by atoms with van der Waals surface area (Å²) in [7, 11) is 0. The van der Waals surface area contributed by atoms with E-state index in [1.54, 1.807) is 0 Å². The van der Waals surface area contributed by atoms with Crippen LogP contribution in [-0.2, 0) is 0 Å². The summed E-state index contributed by atoms with van der Waals surface area (Å²) in [5.74, 6) is 0. The van der Waals surface area contributed by atoms with Crippen molar-refractivity contribution in [3.05, 3.63) is 0 Å². The van der Waals surface area contributed by atoms with Gasteiger partial charge < -0.3 is 0 Å². The van der Waals surface area contributed by atoms with Gasteiger partial charge in [-0.2, -0.15) is 0 Å². The quantitative estimate of drug-likeness (QED) is 0.615. The summed E-state index contributed by atoms with van der Waals surface area (Å²) in [6.07, 6.45) is 3.48. The molecule has 3 rings (SSSR count). The first-order valence-electron chi connectivity index (χ1n) is 6.76. The van der Waals surface area contributed by atoms with Crippen LogP contribution in [0, 0.1) is 0 Å². The standard InChI is InChI=1S/C9H18N.CH3.Sn/c1-4-7-10(8-5-2)9-6-3;;/h1-9H2;1H3;/i;1D3;. The zero-order valence-corrected chi connectivity index (χ0v) is 10.7. The Morgan fingerprint density at radius 3 is 1.92 bits per heavy atom. The average molecular weight is 277 g/mol. The van der Waals surface area contributed by atoms with E-state index in [9.17, 15) is 0 Å². The Morgan fingerprint density at radius 2 is 1.50 bits per heavy atom. The molecule has 0 amide bonds. The SMILES string of the molecule is [2H][C]([2H])([2H])[Sn]12[CH2]CCN(CC[CH2]1)CC[CH2]2. The van der Waals surface area contributed by atoms with E-state index in [-0.39, 0.29) is 0 Å². The van der Waals surface area contributed by atoms with Gasteiger partial charge in [0.05, 0.1) is 0 Å². The van der Waals surface area contributed by atoms with Gasteiger partial charge in [0, 0.05) is 0 Å². The normalized spacial score (nSPS) is 48.0. The molecule has 0 N–H and O–H groups in total. The van der Waals surface area contributed by atoms with Gasteiger partial charge in [0.1, 0.15) is 0 Å². The van der Waals surface area contributed by atoms with E-state index in [1.165, 1.54) is 0 Å². The van der Waals surface area contributed by atoms with Gasteiger partial charge in [0.2, 0.25) is 0 Å². The van der Waals surface area contributed by atoms with Crippen molar-refractivity contribution in [2.24, 2.45) is 0 Å². The van der Waals surface area contributed by atoms with Crippen LogP contribution in [-0.4, -0.2) is 42.9 Å². The van der Waals surface area contributed by atoms with Gasteiger partial charge in [-0.05, 0) is 0 Å². The van der Waals surface area contributed by atoms with Crippen molar-refractivity contribution in [1.82, 2.24) is 4.90 Å². The maximum atomic E-state index is 7.88. The van der Waals surface area contributed by atoms with Gasteiger partial charge in [-0.3, -0.25) is 0 Å². The summed E-state index contributed by atoms with van der Waals surface area (Å²) in [6, 6.07) is 0. The molecule has 0 aromatic carbocycles. The van der Waals surface area contributed by atoms with Gasteiger partial charge in [-0.1, -0.05) is 0 Å². The maximum absolute atomic E-state index is 7.88. The molecule has 0 aromatic heterocycles. The third-order valence-electron chi connectivity index (χ3n) is 3.39. The summed E-state index contributed by atoms with van der Waals surface area (Å²) in [5.41, 5.74) is 0. The van der Waals surface area contributed by atoms with E-state index in [4.69, 9.17) is 4.11 Å². The van der Waals surface area contributed by atoms with Crippen LogP contribution in [0.3, 0.4) is 0 Å². The molecule has 0 saturated carbocycles. The van der Waals surface area contributed by atoms with Gasteiger partial charge in [0.25, 0.3) is 0 Å². The third kappa shape index (κ3) is 2.16. The minimum atomic E-state index is -2.78. The Morgan fingerprint density at radius 1 is 1.00 bits per heavy atom. The summed E-state index contributed by atoms with van der Waals surface area (Å²) in [6.45, 7) is 3.48. The van der Waals surface area contributed by atoms with Gasteiger partial charge in [0.15, 0.2) is 0 Å². The van der Waals surface area contributed by atoms with Gasteiger partial charge >= 0.3 is 84.5 Å². The fourth-order valence-electron chi connectivity index (χ4n) is 2.63. The van der Waals surface area contributed by atoms with Crippen molar-refractivity contribution in [1.29, 1.82) is 0 Å². The molecule has 70 valence electrons. The molecule has 0 spiro atoms. The second kappa shape index (κ2) is 3.87. The molecule has 3 fully saturated rings. The Balaban J connectivity index is 2.19. The molecule has 0 aliphatic carbocycles. The van der Waals surface area contributed by atoms with Crippen LogP contribution in [0.15, 0.2) is 0 Å². The van der Waals surface area contributed by atoms with Crippen LogP contribution in [0.1, 0.15) is 23.4 Å². The van der Waals surface area contributed by atoms with Crippen molar-refractivity contribution >= 4 is 18.4 Å². The van der Waals surface area contributed by atoms with E-state index < -0.39 is 23.2 Å². The van der Waals surface area contributed by atoms with E-state index in [0.29, 0.717) is 0 Å². The Labute approximate surface area is 84.6 Å². The van der Waals surface area contributed by atoms with Crippen molar-refractivity contribution in [2.75, 3.05) is 19.6 Å². The molecule has 2 bridgehead atoms. The second-order valence-electron chi connectivity index (χ2n) is 4.43. The monoisotopic (exact) mass is 278 g/mol. The van der Waals surface area contributed by atoms with Crippen LogP contribution in [0.4, 0.5) is 0 Å². The van der Waals surface area contributed by atoms with E-state index in [0.717, 1.165) is 52.2 Å². The zero-order chi connectivity index (χ0) is 10.9. The minimum absolute atomic E-state index is 1.11. The summed E-state index contributed by atoms with van der Waals surface area (Å²) >= 11 is -2.78. The van der Waals surface area contributed by atoms with Crippen molar-refractivity contribution in [3.8, 4) is 0 Å². The number of fused-ring (bicyclic) bond motifs is 6. The van der Waals surface area contributed by atoms with E-state index in [1.807, 2.05) is 0 Å². The Hall–Kier alpha value is 0.759. The van der Waals surface area contributed by atoms with Crippen LogP contribution in [0.25, 0.3) is 0 Å². The summed E-state index contributed by atoms with van der Waals surface area (Å²) in [5, 5.41) is 0. The number of hydrogen-bond donors (Lipinski definition) is 0. The Bertz CT molecular complexity index is 203. The molecule has 0 radical (unpaired) electrons. The molecular formula is C10H21NSn. The average Bonchev–Trinajstić information content (AvgIpc) is 1.96. The first kappa shape index (κ1) is 6.28. The molecule has 3 heterocycles. The fourth-order valence-corrected chi connectivity index (χ4v) is 11.9. The molecular weight excluding hydrogens is 253 g/mol. The number of hydrogen-bond acceptors (Lipinski definition) is 1. The van der Waals surface area contributed by atoms with Crippen LogP contribution >= 0.6 is 0 Å². The molecule has 12 heavy (non-hydrogen) atoms. The predicted molar refractivity (Wildman–Crippen MR) is 56.3 cm³/mol. The van der Waals surface area contributed by atoms with Crippen LogP contribution in [0.2, 0.25) is 18.2 Å². The first-order chi connectivity index (χ1) is 7.04. The molecule has 0 aromatic rings. The molecule has 0 unspecified atom stereocenters. The Kier molecular flexibility index (Phi) is 2.02. The summed E-state index contributed by atoms with van der Waals surface area (Å²) < 4.78 is 27.0. The van der Waals surface area contributed by atoms with Crippen molar-refractivity contribution in [3.63, 3.8) is 0 Å². The topological polar surface area (TPSA) is 3.24 Å². The zero-order valence-electron chi connectivity index (χ0n) is 10.8. The number of nitrogens with zero attached hydrogens (tertiary/aromatic N) is 1. The van der Waals surface area contributed by atoms with Gasteiger partial charge in [-0.25, -0.2) is 0 Å².